The van der Waals surface area contributed by atoms with Crippen LogP contribution in [-0.2, 0) is 4.79 Å². The van der Waals surface area contributed by atoms with Crippen LogP contribution >= 0.6 is 15.9 Å². The van der Waals surface area contributed by atoms with Gasteiger partial charge in [0, 0.05) is 17.2 Å². The van der Waals surface area contributed by atoms with Gasteiger partial charge >= 0.3 is 0 Å². The third kappa shape index (κ3) is 1.66. The van der Waals surface area contributed by atoms with Gasteiger partial charge in [0.2, 0.25) is 5.91 Å². The molecule has 1 aromatic rings. The summed E-state index contributed by atoms with van der Waals surface area (Å²) in [4.78, 5) is 20.2. The molecule has 18 heavy (non-hydrogen) atoms. The topological polar surface area (TPSA) is 60.8 Å². The van der Waals surface area contributed by atoms with Gasteiger partial charge in [-0.3, -0.25) is 15.1 Å². The molecule has 0 saturated carbocycles. The van der Waals surface area contributed by atoms with Crippen LogP contribution in [0.25, 0.3) is 0 Å². The van der Waals surface area contributed by atoms with Crippen molar-refractivity contribution in [2.45, 2.75) is 19.5 Å². The molecule has 1 amide bonds. The summed E-state index contributed by atoms with van der Waals surface area (Å²) in [7, 11) is 0. The fourth-order valence-electron chi connectivity index (χ4n) is 2.24. The molecule has 0 bridgehead atoms. The van der Waals surface area contributed by atoms with Gasteiger partial charge in [-0.15, -0.1) is 0 Å². The Bertz CT molecular complexity index is 532. The van der Waals surface area contributed by atoms with Crippen LogP contribution < -0.4 is 15.2 Å². The molecule has 0 fully saturated rings. The van der Waals surface area contributed by atoms with Gasteiger partial charge in [-0.2, -0.15) is 5.10 Å². The number of nitrogens with zero attached hydrogens (tertiary/aromatic N) is 4. The number of anilines is 2. The number of hydrazone groups is 1. The zero-order chi connectivity index (χ0) is 12.7. The number of halogens is 1. The van der Waals surface area contributed by atoms with Crippen LogP contribution in [0.4, 0.5) is 11.5 Å². The van der Waals surface area contributed by atoms with E-state index in [0.29, 0.717) is 18.8 Å². The van der Waals surface area contributed by atoms with Crippen molar-refractivity contribution in [2.24, 2.45) is 5.10 Å². The van der Waals surface area contributed by atoms with E-state index in [9.17, 15) is 4.79 Å². The van der Waals surface area contributed by atoms with Crippen LogP contribution in [0.1, 0.15) is 13.3 Å². The van der Waals surface area contributed by atoms with Gasteiger partial charge in [0.15, 0.2) is 5.82 Å². The molecular formula is C11H12BrN5O. The number of carbonyl (C=O) groups excluding carboxylic acids is 1. The van der Waals surface area contributed by atoms with E-state index in [-0.39, 0.29) is 12.1 Å². The number of carbonyl (C=O) groups is 1. The number of fused-ring (bicyclic) bond motifs is 3. The van der Waals surface area contributed by atoms with Crippen molar-refractivity contribution in [1.82, 2.24) is 10.4 Å². The second-order valence-corrected chi connectivity index (χ2v) is 5.05. The van der Waals surface area contributed by atoms with Crippen molar-refractivity contribution in [3.8, 4) is 0 Å². The molecule has 0 radical (unpaired) electrons. The largest absolute Gasteiger partial charge is 0.305 e. The predicted molar refractivity (Wildman–Crippen MR) is 72.5 cm³/mol. The highest BCUT2D eigenvalue weighted by atomic mass is 79.9. The van der Waals surface area contributed by atoms with Gasteiger partial charge in [-0.1, -0.05) is 0 Å². The summed E-state index contributed by atoms with van der Waals surface area (Å²) in [6.07, 6.45) is 3.66. The van der Waals surface area contributed by atoms with Gasteiger partial charge in [0.25, 0.3) is 0 Å². The summed E-state index contributed by atoms with van der Waals surface area (Å²) >= 11 is 3.41. The SMILES string of the molecule is CCN1C(=O)CC2NN=CN2c2cc(Br)cnc21. The number of hydrogen-bond donors (Lipinski definition) is 1. The number of rotatable bonds is 1. The second kappa shape index (κ2) is 4.24. The fraction of sp³-hybridized carbons (Fsp3) is 0.364. The Morgan fingerprint density at radius 2 is 2.44 bits per heavy atom. The van der Waals surface area contributed by atoms with Gasteiger partial charge in [0.1, 0.15) is 12.5 Å². The van der Waals surface area contributed by atoms with Crippen LogP contribution in [0.15, 0.2) is 21.8 Å². The monoisotopic (exact) mass is 309 g/mol. The molecule has 1 unspecified atom stereocenters. The molecule has 0 saturated heterocycles. The molecular weight excluding hydrogens is 298 g/mol. The highest BCUT2D eigenvalue weighted by molar-refractivity contribution is 9.10. The molecule has 0 spiro atoms. The van der Waals surface area contributed by atoms with E-state index in [4.69, 9.17) is 0 Å². The average Bonchev–Trinajstić information content (AvgIpc) is 2.76. The molecule has 94 valence electrons. The molecule has 2 aliphatic rings. The molecule has 1 atom stereocenters. The average molecular weight is 310 g/mol. The van der Waals surface area contributed by atoms with Crippen LogP contribution in [0, 0.1) is 0 Å². The Balaban J connectivity index is 2.17. The Kier molecular flexibility index (Phi) is 2.70. The zero-order valence-corrected chi connectivity index (χ0v) is 11.4. The molecule has 2 aliphatic heterocycles. The maximum Gasteiger partial charge on any atom is 0.232 e. The molecule has 0 aromatic carbocycles. The summed E-state index contributed by atoms with van der Waals surface area (Å²) in [6, 6.07) is 1.95. The van der Waals surface area contributed by atoms with Crippen LogP contribution in [-0.4, -0.2) is 29.9 Å². The van der Waals surface area contributed by atoms with E-state index in [2.05, 4.69) is 31.4 Å². The third-order valence-electron chi connectivity index (χ3n) is 3.07. The summed E-state index contributed by atoms with van der Waals surface area (Å²) in [5.41, 5.74) is 3.82. The lowest BCUT2D eigenvalue weighted by atomic mass is 10.3. The van der Waals surface area contributed by atoms with E-state index in [1.807, 2.05) is 17.9 Å². The number of nitrogens with one attached hydrogen (secondary N) is 1. The van der Waals surface area contributed by atoms with E-state index in [1.54, 1.807) is 17.4 Å². The van der Waals surface area contributed by atoms with Crippen molar-refractivity contribution < 1.29 is 4.79 Å². The maximum atomic E-state index is 12.2. The number of amides is 1. The number of pyridine rings is 1. The van der Waals surface area contributed by atoms with Crippen molar-refractivity contribution in [1.29, 1.82) is 0 Å². The second-order valence-electron chi connectivity index (χ2n) is 4.14. The van der Waals surface area contributed by atoms with Crippen LogP contribution in [0.3, 0.4) is 0 Å². The highest BCUT2D eigenvalue weighted by Gasteiger charge is 2.34. The van der Waals surface area contributed by atoms with Gasteiger partial charge in [-0.25, -0.2) is 4.98 Å². The van der Waals surface area contributed by atoms with Crippen molar-refractivity contribution >= 4 is 39.7 Å². The molecule has 0 aliphatic carbocycles. The standard InChI is InChI=1S/C11H12BrN5O/c1-2-16-10(18)4-9-15-14-6-17(9)8-3-7(12)5-13-11(8)16/h3,5-6,9,15H,2,4H2,1H3. The Morgan fingerprint density at radius 3 is 3.22 bits per heavy atom. The van der Waals surface area contributed by atoms with Gasteiger partial charge in [0.05, 0.1) is 12.1 Å². The number of hydrogen-bond acceptors (Lipinski definition) is 5. The lowest BCUT2D eigenvalue weighted by Crippen LogP contribution is -2.39. The molecule has 1 aromatic heterocycles. The normalized spacial score (nSPS) is 21.4. The minimum atomic E-state index is -0.121. The highest BCUT2D eigenvalue weighted by Crippen LogP contribution is 2.34. The Labute approximate surface area is 113 Å². The lowest BCUT2D eigenvalue weighted by Gasteiger charge is -2.22. The van der Waals surface area contributed by atoms with E-state index < -0.39 is 0 Å². The third-order valence-corrected chi connectivity index (χ3v) is 3.51. The quantitative estimate of drug-likeness (QED) is 0.849. The minimum absolute atomic E-state index is 0.0547. The summed E-state index contributed by atoms with van der Waals surface area (Å²) in [6.45, 7) is 2.56. The molecule has 6 nitrogen and oxygen atoms in total. The summed E-state index contributed by atoms with van der Waals surface area (Å²) in [5, 5.41) is 4.02. The lowest BCUT2D eigenvalue weighted by molar-refractivity contribution is -0.118. The summed E-state index contributed by atoms with van der Waals surface area (Å²) < 4.78 is 0.880. The van der Waals surface area contributed by atoms with Gasteiger partial charge < -0.3 is 4.90 Å². The first-order valence-electron chi connectivity index (χ1n) is 5.73. The molecule has 3 heterocycles. The zero-order valence-electron chi connectivity index (χ0n) is 9.80. The Morgan fingerprint density at radius 1 is 1.61 bits per heavy atom. The van der Waals surface area contributed by atoms with Crippen LogP contribution in [0.5, 0.6) is 0 Å². The van der Waals surface area contributed by atoms with Crippen molar-refractivity contribution in [3.05, 3.63) is 16.7 Å². The van der Waals surface area contributed by atoms with Crippen molar-refractivity contribution in [3.63, 3.8) is 0 Å². The summed E-state index contributed by atoms with van der Waals surface area (Å²) in [5.74, 6) is 0.738. The Hall–Kier alpha value is -1.63. The molecule has 3 rings (SSSR count). The minimum Gasteiger partial charge on any atom is -0.305 e. The molecule has 1 N–H and O–H groups in total. The first-order chi connectivity index (χ1) is 8.70. The maximum absolute atomic E-state index is 12.2. The smallest absolute Gasteiger partial charge is 0.232 e. The van der Waals surface area contributed by atoms with E-state index >= 15 is 0 Å². The van der Waals surface area contributed by atoms with E-state index in [1.165, 1.54) is 0 Å². The first-order valence-corrected chi connectivity index (χ1v) is 6.53. The predicted octanol–water partition coefficient (Wildman–Crippen LogP) is 1.28. The molecule has 7 heteroatoms. The van der Waals surface area contributed by atoms with Crippen LogP contribution in [0.2, 0.25) is 0 Å². The number of aromatic nitrogens is 1. The fourth-order valence-corrected chi connectivity index (χ4v) is 2.56. The first kappa shape index (κ1) is 11.5. The van der Waals surface area contributed by atoms with Gasteiger partial charge in [-0.05, 0) is 28.9 Å². The van der Waals surface area contributed by atoms with E-state index in [0.717, 1.165) is 10.2 Å². The van der Waals surface area contributed by atoms with Crippen molar-refractivity contribution in [2.75, 3.05) is 16.3 Å².